The van der Waals surface area contributed by atoms with Crippen LogP contribution in [-0.2, 0) is 16.1 Å². The van der Waals surface area contributed by atoms with Crippen LogP contribution in [0.2, 0.25) is 0 Å². The highest BCUT2D eigenvalue weighted by atomic mass is 35.5. The molecule has 1 aromatic rings. The summed E-state index contributed by atoms with van der Waals surface area (Å²) in [4.78, 5) is 13.4. The molecule has 1 spiro atoms. The molecule has 3 aliphatic heterocycles. The number of nitrogens with zero attached hydrogens (tertiary/aromatic N) is 1. The molecule has 0 aliphatic carbocycles. The van der Waals surface area contributed by atoms with Crippen molar-refractivity contribution in [1.29, 1.82) is 0 Å². The number of hydrogen-bond donors (Lipinski definition) is 0. The Morgan fingerprint density at radius 2 is 2.09 bits per heavy atom. The standard InChI is InChI=1S/C17H18ClNO3/c1-15-7-8-17(22-15)12-19(11-16(17,18)10-15)14(20)21-9-13-5-3-2-4-6-13/h2-8H,9-12H2,1H3/t15-,16-,17-/m1/s1. The van der Waals surface area contributed by atoms with E-state index in [1.165, 1.54) is 0 Å². The SMILES string of the molecule is C[C@@]12C=C[C@]3(CN(C(=O)OCc4ccccc4)C[C@]3(Cl)C1)O2. The Hall–Kier alpha value is -1.52. The Balaban J connectivity index is 1.44. The number of halogens is 1. The van der Waals surface area contributed by atoms with Gasteiger partial charge in [0.25, 0.3) is 0 Å². The van der Waals surface area contributed by atoms with E-state index in [1.54, 1.807) is 4.90 Å². The molecular formula is C17H18ClNO3. The second-order valence-electron chi connectivity index (χ2n) is 6.68. The quantitative estimate of drug-likeness (QED) is 0.621. The zero-order chi connectivity index (χ0) is 15.4. The zero-order valence-corrected chi connectivity index (χ0v) is 13.2. The van der Waals surface area contributed by atoms with Gasteiger partial charge < -0.3 is 14.4 Å². The fourth-order valence-electron chi connectivity index (χ4n) is 3.83. The van der Waals surface area contributed by atoms with E-state index >= 15 is 0 Å². The lowest BCUT2D eigenvalue weighted by molar-refractivity contribution is -0.0250. The number of hydrogen-bond acceptors (Lipinski definition) is 3. The number of ether oxygens (including phenoxy) is 2. The van der Waals surface area contributed by atoms with Crippen LogP contribution in [-0.4, -0.2) is 40.2 Å². The minimum Gasteiger partial charge on any atom is -0.445 e. The van der Waals surface area contributed by atoms with E-state index in [1.807, 2.05) is 43.3 Å². The van der Waals surface area contributed by atoms with Crippen molar-refractivity contribution in [3.63, 3.8) is 0 Å². The number of carbonyl (C=O) groups is 1. The monoisotopic (exact) mass is 319 g/mol. The Labute approximate surface area is 134 Å². The first-order valence-corrected chi connectivity index (χ1v) is 7.87. The maximum Gasteiger partial charge on any atom is 0.410 e. The van der Waals surface area contributed by atoms with Gasteiger partial charge in [-0.05, 0) is 12.5 Å². The van der Waals surface area contributed by atoms with Crippen LogP contribution in [0.25, 0.3) is 0 Å². The van der Waals surface area contributed by atoms with Crippen molar-refractivity contribution in [3.05, 3.63) is 48.0 Å². The average molecular weight is 320 g/mol. The van der Waals surface area contributed by atoms with Crippen LogP contribution in [0.1, 0.15) is 18.9 Å². The van der Waals surface area contributed by atoms with Gasteiger partial charge in [-0.2, -0.15) is 0 Å². The first-order chi connectivity index (χ1) is 10.4. The first kappa shape index (κ1) is 14.1. The van der Waals surface area contributed by atoms with Gasteiger partial charge in [0.05, 0.1) is 17.0 Å². The van der Waals surface area contributed by atoms with Crippen LogP contribution in [0.5, 0.6) is 0 Å². The third-order valence-electron chi connectivity index (χ3n) is 4.84. The second-order valence-corrected chi connectivity index (χ2v) is 7.40. The fraction of sp³-hybridized carbons (Fsp3) is 0.471. The molecule has 2 fully saturated rings. The van der Waals surface area contributed by atoms with E-state index in [-0.39, 0.29) is 18.3 Å². The van der Waals surface area contributed by atoms with Crippen LogP contribution >= 0.6 is 11.6 Å². The minimum atomic E-state index is -0.560. The summed E-state index contributed by atoms with van der Waals surface area (Å²) in [7, 11) is 0. The average Bonchev–Trinajstić information content (AvgIpc) is 3.03. The summed E-state index contributed by atoms with van der Waals surface area (Å²) in [6.45, 7) is 3.23. The minimum absolute atomic E-state index is 0.271. The molecular weight excluding hydrogens is 302 g/mol. The van der Waals surface area contributed by atoms with E-state index in [4.69, 9.17) is 21.1 Å². The highest BCUT2D eigenvalue weighted by molar-refractivity contribution is 6.26. The summed E-state index contributed by atoms with van der Waals surface area (Å²) in [6, 6.07) is 9.65. The molecule has 1 aromatic carbocycles. The molecule has 4 rings (SSSR count). The molecule has 3 atom stereocenters. The largest absolute Gasteiger partial charge is 0.445 e. The molecule has 0 aromatic heterocycles. The van der Waals surface area contributed by atoms with Gasteiger partial charge in [0.1, 0.15) is 12.2 Å². The fourth-order valence-corrected chi connectivity index (χ4v) is 4.41. The molecule has 2 bridgehead atoms. The number of carbonyl (C=O) groups excluding carboxylic acids is 1. The third-order valence-corrected chi connectivity index (χ3v) is 5.41. The predicted octanol–water partition coefficient (Wildman–Crippen LogP) is 3.10. The summed E-state index contributed by atoms with van der Waals surface area (Å²) in [5, 5.41) is 0. The highest BCUT2D eigenvalue weighted by Crippen LogP contribution is 2.58. The van der Waals surface area contributed by atoms with Gasteiger partial charge >= 0.3 is 6.09 Å². The highest BCUT2D eigenvalue weighted by Gasteiger charge is 2.69. The van der Waals surface area contributed by atoms with Crippen LogP contribution in [0.4, 0.5) is 4.79 Å². The van der Waals surface area contributed by atoms with Gasteiger partial charge in [0.15, 0.2) is 0 Å². The van der Waals surface area contributed by atoms with Gasteiger partial charge in [-0.25, -0.2) is 4.79 Å². The van der Waals surface area contributed by atoms with E-state index in [9.17, 15) is 4.79 Å². The predicted molar refractivity (Wildman–Crippen MR) is 82.8 cm³/mol. The van der Waals surface area contributed by atoms with Gasteiger partial charge in [-0.3, -0.25) is 0 Å². The molecule has 0 unspecified atom stereocenters. The molecule has 0 N–H and O–H groups in total. The summed E-state index contributed by atoms with van der Waals surface area (Å²) >= 11 is 6.78. The number of rotatable bonds is 2. The zero-order valence-electron chi connectivity index (χ0n) is 12.4. The lowest BCUT2D eigenvalue weighted by Gasteiger charge is -2.28. The number of likely N-dealkylation sites (tertiary alicyclic amines) is 1. The molecule has 0 radical (unpaired) electrons. The van der Waals surface area contributed by atoms with Crippen molar-refractivity contribution in [2.75, 3.05) is 13.1 Å². The maximum atomic E-state index is 12.3. The smallest absolute Gasteiger partial charge is 0.410 e. The normalized spacial score (nSPS) is 38.4. The summed E-state index contributed by atoms with van der Waals surface area (Å²) in [5.41, 5.74) is 0.121. The Morgan fingerprint density at radius 1 is 1.32 bits per heavy atom. The summed E-state index contributed by atoms with van der Waals surface area (Å²) in [5.74, 6) is 0. The van der Waals surface area contributed by atoms with E-state index in [0.29, 0.717) is 13.1 Å². The maximum absolute atomic E-state index is 12.3. The molecule has 1 amide bonds. The topological polar surface area (TPSA) is 38.8 Å². The van der Waals surface area contributed by atoms with Crippen molar-refractivity contribution in [2.24, 2.45) is 0 Å². The summed E-state index contributed by atoms with van der Waals surface area (Å²) < 4.78 is 11.5. The van der Waals surface area contributed by atoms with Crippen LogP contribution in [0.3, 0.4) is 0 Å². The Morgan fingerprint density at radius 3 is 2.77 bits per heavy atom. The number of amides is 1. The molecule has 5 heteroatoms. The lowest BCUT2D eigenvalue weighted by Crippen LogP contribution is -2.43. The second kappa shape index (κ2) is 4.49. The number of alkyl halides is 1. The molecule has 2 saturated heterocycles. The van der Waals surface area contributed by atoms with Gasteiger partial charge in [0, 0.05) is 13.0 Å². The van der Waals surface area contributed by atoms with Gasteiger partial charge in [0.2, 0.25) is 0 Å². The molecule has 0 saturated carbocycles. The van der Waals surface area contributed by atoms with Crippen LogP contribution in [0.15, 0.2) is 42.5 Å². The third kappa shape index (κ3) is 1.97. The Bertz CT molecular complexity index is 649. The van der Waals surface area contributed by atoms with E-state index in [0.717, 1.165) is 12.0 Å². The van der Waals surface area contributed by atoms with Crippen molar-refractivity contribution < 1.29 is 14.3 Å². The molecule has 22 heavy (non-hydrogen) atoms. The van der Waals surface area contributed by atoms with E-state index in [2.05, 4.69) is 6.08 Å². The van der Waals surface area contributed by atoms with Crippen molar-refractivity contribution >= 4 is 17.7 Å². The van der Waals surface area contributed by atoms with Crippen LogP contribution < -0.4 is 0 Å². The molecule has 3 aliphatic rings. The van der Waals surface area contributed by atoms with Gasteiger partial charge in [-0.15, -0.1) is 11.6 Å². The number of fused-ring (bicyclic) bond motifs is 1. The van der Waals surface area contributed by atoms with Crippen molar-refractivity contribution in [2.45, 2.75) is 36.0 Å². The van der Waals surface area contributed by atoms with Crippen molar-refractivity contribution in [1.82, 2.24) is 4.90 Å². The lowest BCUT2D eigenvalue weighted by atomic mass is 9.81. The van der Waals surface area contributed by atoms with Crippen molar-refractivity contribution in [3.8, 4) is 0 Å². The molecule has 3 heterocycles. The molecule has 116 valence electrons. The van der Waals surface area contributed by atoms with E-state index < -0.39 is 10.5 Å². The van der Waals surface area contributed by atoms with Crippen LogP contribution in [0, 0.1) is 0 Å². The number of benzene rings is 1. The first-order valence-electron chi connectivity index (χ1n) is 7.49. The Kier molecular flexibility index (Phi) is 2.88. The summed E-state index contributed by atoms with van der Waals surface area (Å²) in [6.07, 6.45) is 4.47. The molecule has 4 nitrogen and oxygen atoms in total. The van der Waals surface area contributed by atoms with Gasteiger partial charge in [-0.1, -0.05) is 42.5 Å².